The fourth-order valence-electron chi connectivity index (χ4n) is 1.77. The Kier molecular flexibility index (Phi) is 4.63. The summed E-state index contributed by atoms with van der Waals surface area (Å²) >= 11 is 1.73. The van der Waals surface area contributed by atoms with Crippen LogP contribution in [0, 0.1) is 0 Å². The molecule has 0 aliphatic heterocycles. The normalized spacial score (nSPS) is 10.2. The molecule has 0 N–H and O–H groups in total. The van der Waals surface area contributed by atoms with E-state index in [1.807, 2.05) is 42.5 Å². The zero-order chi connectivity index (χ0) is 13.7. The Morgan fingerprint density at radius 3 is 2.42 bits per heavy atom. The highest BCUT2D eigenvalue weighted by Gasteiger charge is 2.03. The van der Waals surface area contributed by atoms with Crippen molar-refractivity contribution in [2.24, 2.45) is 0 Å². The SMILES string of the molecule is COc1ccccc1CSc1ccc(C(C)=O)cc1. The molecular weight excluding hydrogens is 256 g/mol. The number of carbonyl (C=O) groups excluding carboxylic acids is 1. The minimum absolute atomic E-state index is 0.0984. The largest absolute Gasteiger partial charge is 0.496 e. The molecule has 0 aliphatic carbocycles. The summed E-state index contributed by atoms with van der Waals surface area (Å²) < 4.78 is 5.33. The molecule has 0 amide bonds. The monoisotopic (exact) mass is 272 g/mol. The summed E-state index contributed by atoms with van der Waals surface area (Å²) in [7, 11) is 1.69. The maximum absolute atomic E-state index is 11.2. The topological polar surface area (TPSA) is 26.3 Å². The number of ketones is 1. The first-order chi connectivity index (χ1) is 9.20. The second kappa shape index (κ2) is 6.43. The molecule has 0 bridgehead atoms. The van der Waals surface area contributed by atoms with Crippen molar-refractivity contribution in [2.45, 2.75) is 17.6 Å². The van der Waals surface area contributed by atoms with Gasteiger partial charge in [-0.1, -0.05) is 30.3 Å². The summed E-state index contributed by atoms with van der Waals surface area (Å²) in [5.74, 6) is 1.86. The molecule has 0 atom stereocenters. The van der Waals surface area contributed by atoms with Crippen LogP contribution in [-0.2, 0) is 5.75 Å². The second-order valence-corrected chi connectivity index (χ2v) is 5.23. The Bertz CT molecular complexity index is 561. The molecule has 0 spiro atoms. The average Bonchev–Trinajstić information content (AvgIpc) is 2.45. The van der Waals surface area contributed by atoms with Crippen LogP contribution in [-0.4, -0.2) is 12.9 Å². The van der Waals surface area contributed by atoms with Crippen molar-refractivity contribution in [2.75, 3.05) is 7.11 Å². The molecule has 2 aromatic rings. The first-order valence-electron chi connectivity index (χ1n) is 6.06. The van der Waals surface area contributed by atoms with Crippen LogP contribution in [0.4, 0.5) is 0 Å². The number of Topliss-reactive ketones (excluding diaryl/α,β-unsaturated/α-hetero) is 1. The molecule has 0 fully saturated rings. The van der Waals surface area contributed by atoms with Crippen molar-refractivity contribution in [1.29, 1.82) is 0 Å². The molecule has 0 saturated carbocycles. The van der Waals surface area contributed by atoms with Crippen LogP contribution >= 0.6 is 11.8 Å². The molecule has 0 aliphatic rings. The highest BCUT2D eigenvalue weighted by Crippen LogP contribution is 2.27. The van der Waals surface area contributed by atoms with Crippen molar-refractivity contribution < 1.29 is 9.53 Å². The molecule has 0 heterocycles. The fourth-order valence-corrected chi connectivity index (χ4v) is 2.66. The second-order valence-electron chi connectivity index (χ2n) is 4.18. The Hall–Kier alpha value is -1.74. The maximum atomic E-state index is 11.2. The highest BCUT2D eigenvalue weighted by atomic mass is 32.2. The molecule has 2 nitrogen and oxygen atoms in total. The number of hydrogen-bond acceptors (Lipinski definition) is 3. The molecule has 0 saturated heterocycles. The third-order valence-electron chi connectivity index (χ3n) is 2.85. The van der Waals surface area contributed by atoms with Crippen LogP contribution in [0.5, 0.6) is 5.75 Å². The van der Waals surface area contributed by atoms with Crippen molar-refractivity contribution in [1.82, 2.24) is 0 Å². The lowest BCUT2D eigenvalue weighted by Gasteiger charge is -2.08. The van der Waals surface area contributed by atoms with Gasteiger partial charge in [-0.25, -0.2) is 0 Å². The van der Waals surface area contributed by atoms with Crippen molar-refractivity contribution in [3.63, 3.8) is 0 Å². The van der Waals surface area contributed by atoms with E-state index in [4.69, 9.17) is 4.74 Å². The van der Waals surface area contributed by atoms with Gasteiger partial charge in [-0.15, -0.1) is 11.8 Å². The van der Waals surface area contributed by atoms with Gasteiger partial charge in [-0.3, -0.25) is 4.79 Å². The number of ether oxygens (including phenoxy) is 1. The standard InChI is InChI=1S/C16H16O2S/c1-12(17)13-7-9-15(10-8-13)19-11-14-5-3-4-6-16(14)18-2/h3-10H,11H2,1-2H3. The van der Waals surface area contributed by atoms with Gasteiger partial charge in [0, 0.05) is 21.8 Å². The van der Waals surface area contributed by atoms with E-state index < -0.39 is 0 Å². The lowest BCUT2D eigenvalue weighted by molar-refractivity contribution is 0.101. The van der Waals surface area contributed by atoms with E-state index in [1.54, 1.807) is 25.8 Å². The Balaban J connectivity index is 2.04. The van der Waals surface area contributed by atoms with Gasteiger partial charge in [-0.2, -0.15) is 0 Å². The molecule has 0 aromatic heterocycles. The van der Waals surface area contributed by atoms with Crippen LogP contribution in [0.15, 0.2) is 53.4 Å². The van der Waals surface area contributed by atoms with Gasteiger partial charge in [0.05, 0.1) is 7.11 Å². The van der Waals surface area contributed by atoms with Gasteiger partial charge >= 0.3 is 0 Å². The summed E-state index contributed by atoms with van der Waals surface area (Å²) in [6.07, 6.45) is 0. The fraction of sp³-hybridized carbons (Fsp3) is 0.188. The van der Waals surface area contributed by atoms with E-state index in [0.29, 0.717) is 0 Å². The van der Waals surface area contributed by atoms with Crippen LogP contribution in [0.25, 0.3) is 0 Å². The molecule has 98 valence electrons. The van der Waals surface area contributed by atoms with Crippen LogP contribution in [0.3, 0.4) is 0 Å². The van der Waals surface area contributed by atoms with Crippen molar-refractivity contribution in [3.8, 4) is 5.75 Å². The van der Waals surface area contributed by atoms with Crippen LogP contribution < -0.4 is 4.74 Å². The Morgan fingerprint density at radius 2 is 1.79 bits per heavy atom. The zero-order valence-electron chi connectivity index (χ0n) is 11.1. The van der Waals surface area contributed by atoms with Gasteiger partial charge in [-0.05, 0) is 25.1 Å². The predicted molar refractivity (Wildman–Crippen MR) is 79.0 cm³/mol. The summed E-state index contributed by atoms with van der Waals surface area (Å²) in [5.41, 5.74) is 1.92. The molecule has 0 radical (unpaired) electrons. The summed E-state index contributed by atoms with van der Waals surface area (Å²) in [6, 6.07) is 15.7. The van der Waals surface area contributed by atoms with Gasteiger partial charge in [0.1, 0.15) is 5.75 Å². The smallest absolute Gasteiger partial charge is 0.159 e. The van der Waals surface area contributed by atoms with E-state index >= 15 is 0 Å². The first-order valence-corrected chi connectivity index (χ1v) is 7.05. The summed E-state index contributed by atoms with van der Waals surface area (Å²) in [5, 5.41) is 0. The highest BCUT2D eigenvalue weighted by molar-refractivity contribution is 7.98. The number of thioether (sulfide) groups is 1. The van der Waals surface area contributed by atoms with Crippen molar-refractivity contribution >= 4 is 17.5 Å². The zero-order valence-corrected chi connectivity index (χ0v) is 11.9. The Morgan fingerprint density at radius 1 is 1.11 bits per heavy atom. The van der Waals surface area contributed by atoms with E-state index in [1.165, 1.54) is 5.56 Å². The number of hydrogen-bond donors (Lipinski definition) is 0. The maximum Gasteiger partial charge on any atom is 0.159 e. The van der Waals surface area contributed by atoms with Gasteiger partial charge in [0.15, 0.2) is 5.78 Å². The van der Waals surface area contributed by atoms with Crippen LogP contribution in [0.1, 0.15) is 22.8 Å². The molecule has 19 heavy (non-hydrogen) atoms. The molecule has 2 aromatic carbocycles. The third kappa shape index (κ3) is 3.61. The van der Waals surface area contributed by atoms with E-state index in [-0.39, 0.29) is 5.78 Å². The Labute approximate surface area is 117 Å². The predicted octanol–water partition coefficient (Wildman–Crippen LogP) is 4.19. The summed E-state index contributed by atoms with van der Waals surface area (Å²) in [6.45, 7) is 1.58. The molecular formula is C16H16O2S. The van der Waals surface area contributed by atoms with Gasteiger partial charge < -0.3 is 4.74 Å². The quantitative estimate of drug-likeness (QED) is 0.603. The van der Waals surface area contributed by atoms with E-state index in [2.05, 4.69) is 6.07 Å². The average molecular weight is 272 g/mol. The van der Waals surface area contributed by atoms with Gasteiger partial charge in [0.2, 0.25) is 0 Å². The minimum atomic E-state index is 0.0984. The van der Waals surface area contributed by atoms with Gasteiger partial charge in [0.25, 0.3) is 0 Å². The van der Waals surface area contributed by atoms with E-state index in [0.717, 1.165) is 22.0 Å². The molecule has 2 rings (SSSR count). The number of carbonyl (C=O) groups is 1. The first kappa shape index (κ1) is 13.7. The molecule has 3 heteroatoms. The van der Waals surface area contributed by atoms with Crippen molar-refractivity contribution in [3.05, 3.63) is 59.7 Å². The number of para-hydroxylation sites is 1. The number of methoxy groups -OCH3 is 1. The lowest BCUT2D eigenvalue weighted by atomic mass is 10.2. The minimum Gasteiger partial charge on any atom is -0.496 e. The van der Waals surface area contributed by atoms with Crippen LogP contribution in [0.2, 0.25) is 0 Å². The third-order valence-corrected chi connectivity index (χ3v) is 3.91. The number of rotatable bonds is 5. The molecule has 0 unspecified atom stereocenters. The lowest BCUT2D eigenvalue weighted by Crippen LogP contribution is -1.91. The summed E-state index contributed by atoms with van der Waals surface area (Å²) in [4.78, 5) is 12.3. The number of benzene rings is 2. The van der Waals surface area contributed by atoms with E-state index in [9.17, 15) is 4.79 Å².